The zero-order valence-electron chi connectivity index (χ0n) is 16.0. The van der Waals surface area contributed by atoms with Gasteiger partial charge < -0.3 is 14.2 Å². The van der Waals surface area contributed by atoms with Gasteiger partial charge in [0, 0.05) is 12.7 Å². The van der Waals surface area contributed by atoms with Crippen LogP contribution in [-0.2, 0) is 22.5 Å². The highest BCUT2D eigenvalue weighted by molar-refractivity contribution is 7.16. The number of fused-ring (bicyclic) bond motifs is 1. The number of ether oxygens (including phenoxy) is 3. The van der Waals surface area contributed by atoms with Crippen LogP contribution in [0.5, 0.6) is 5.75 Å². The summed E-state index contributed by atoms with van der Waals surface area (Å²) in [6, 6.07) is 8.09. The van der Waals surface area contributed by atoms with E-state index in [9.17, 15) is 9.59 Å². The molecule has 3 heterocycles. The lowest BCUT2D eigenvalue weighted by molar-refractivity contribution is 0.0467. The molecule has 4 rings (SSSR count). The summed E-state index contributed by atoms with van der Waals surface area (Å²) in [4.78, 5) is 29.3. The molecule has 1 aliphatic rings. The van der Waals surface area contributed by atoms with E-state index in [0.717, 1.165) is 30.9 Å². The number of carbonyl (C=O) groups excluding carboxylic acids is 1. The lowest BCUT2D eigenvalue weighted by Crippen LogP contribution is -2.17. The predicted octanol–water partition coefficient (Wildman–Crippen LogP) is 2.63. The molecule has 0 radical (unpaired) electrons. The number of esters is 1. The second-order valence-corrected chi connectivity index (χ2v) is 7.72. The molecule has 0 bridgehead atoms. The van der Waals surface area contributed by atoms with Crippen LogP contribution in [0.1, 0.15) is 40.8 Å². The monoisotopic (exact) mass is 415 g/mol. The third kappa shape index (κ3) is 4.63. The van der Waals surface area contributed by atoms with Crippen molar-refractivity contribution in [3.8, 4) is 5.75 Å². The highest BCUT2D eigenvalue weighted by Gasteiger charge is 2.16. The Bertz CT molecular complexity index is 1050. The van der Waals surface area contributed by atoms with Gasteiger partial charge in [0.15, 0.2) is 0 Å². The Hall–Kier alpha value is -2.78. The van der Waals surface area contributed by atoms with Gasteiger partial charge in [-0.25, -0.2) is 9.78 Å². The Balaban J connectivity index is 1.35. The number of rotatable bonds is 7. The van der Waals surface area contributed by atoms with E-state index in [-0.39, 0.29) is 18.3 Å². The summed E-state index contributed by atoms with van der Waals surface area (Å²) in [6.45, 7) is 3.17. The molecular weight excluding hydrogens is 394 g/mol. The van der Waals surface area contributed by atoms with Gasteiger partial charge in [0.25, 0.3) is 5.56 Å². The topological polar surface area (TPSA) is 92.0 Å². The minimum atomic E-state index is -0.490. The maximum absolute atomic E-state index is 12.3. The number of benzene rings is 1. The summed E-state index contributed by atoms with van der Waals surface area (Å²) in [5.74, 6) is 0.186. The SMILES string of the molecule is CCc1nn2c(=O)cc(COC(=O)c3ccc(OC[C@H]4CCCO4)cc3)nc2s1. The Morgan fingerprint density at radius 3 is 2.90 bits per heavy atom. The van der Waals surface area contributed by atoms with Crippen molar-refractivity contribution in [1.29, 1.82) is 0 Å². The van der Waals surface area contributed by atoms with Gasteiger partial charge in [0.2, 0.25) is 4.96 Å². The number of nitrogens with zero attached hydrogens (tertiary/aromatic N) is 3. The van der Waals surface area contributed by atoms with Crippen molar-refractivity contribution < 1.29 is 19.0 Å². The van der Waals surface area contributed by atoms with E-state index in [1.165, 1.54) is 21.9 Å². The first-order valence-electron chi connectivity index (χ1n) is 9.52. The van der Waals surface area contributed by atoms with Gasteiger partial charge in [0.05, 0.1) is 17.4 Å². The van der Waals surface area contributed by atoms with Crippen molar-refractivity contribution in [3.05, 3.63) is 57.0 Å². The molecule has 0 unspecified atom stereocenters. The van der Waals surface area contributed by atoms with Gasteiger partial charge in [0.1, 0.15) is 24.0 Å². The second-order valence-electron chi connectivity index (χ2n) is 6.68. The summed E-state index contributed by atoms with van der Waals surface area (Å²) in [7, 11) is 0. The first kappa shape index (κ1) is 19.5. The maximum Gasteiger partial charge on any atom is 0.338 e. The number of aromatic nitrogens is 3. The van der Waals surface area contributed by atoms with Crippen molar-refractivity contribution >= 4 is 22.3 Å². The van der Waals surface area contributed by atoms with Crippen LogP contribution in [0.25, 0.3) is 4.96 Å². The molecule has 0 saturated carbocycles. The summed E-state index contributed by atoms with van der Waals surface area (Å²) in [6.07, 6.45) is 2.94. The van der Waals surface area contributed by atoms with Crippen molar-refractivity contribution in [2.45, 2.75) is 38.9 Å². The van der Waals surface area contributed by atoms with E-state index in [1.807, 2.05) is 6.92 Å². The predicted molar refractivity (Wildman–Crippen MR) is 107 cm³/mol. The molecule has 1 aliphatic heterocycles. The number of carbonyl (C=O) groups is 1. The molecule has 0 amide bonds. The zero-order chi connectivity index (χ0) is 20.2. The minimum absolute atomic E-state index is 0.0821. The molecule has 1 aromatic carbocycles. The molecule has 0 spiro atoms. The van der Waals surface area contributed by atoms with E-state index in [0.29, 0.717) is 28.6 Å². The molecule has 2 aromatic heterocycles. The van der Waals surface area contributed by atoms with Crippen molar-refractivity contribution in [2.75, 3.05) is 13.2 Å². The average Bonchev–Trinajstić information content (AvgIpc) is 3.40. The molecule has 0 N–H and O–H groups in total. The van der Waals surface area contributed by atoms with Gasteiger partial charge in [-0.2, -0.15) is 9.61 Å². The third-order valence-corrected chi connectivity index (χ3v) is 5.60. The first-order valence-corrected chi connectivity index (χ1v) is 10.3. The normalized spacial score (nSPS) is 16.2. The molecule has 1 fully saturated rings. The maximum atomic E-state index is 12.3. The van der Waals surface area contributed by atoms with Crippen molar-refractivity contribution in [1.82, 2.24) is 14.6 Å². The van der Waals surface area contributed by atoms with Crippen LogP contribution in [-0.4, -0.2) is 39.9 Å². The zero-order valence-corrected chi connectivity index (χ0v) is 16.8. The average molecular weight is 415 g/mol. The fraction of sp³-hybridized carbons (Fsp3) is 0.400. The molecule has 1 atom stereocenters. The summed E-state index contributed by atoms with van der Waals surface area (Å²) >= 11 is 1.35. The summed E-state index contributed by atoms with van der Waals surface area (Å²) < 4.78 is 17.8. The molecule has 29 heavy (non-hydrogen) atoms. The van der Waals surface area contributed by atoms with Gasteiger partial charge in [-0.15, -0.1) is 0 Å². The Kier molecular flexibility index (Phi) is 5.86. The van der Waals surface area contributed by atoms with E-state index >= 15 is 0 Å². The molecule has 152 valence electrons. The highest BCUT2D eigenvalue weighted by Crippen LogP contribution is 2.17. The molecular formula is C20H21N3O5S. The first-order chi connectivity index (χ1) is 14.1. The number of hydrogen-bond acceptors (Lipinski definition) is 8. The van der Waals surface area contributed by atoms with Crippen LogP contribution in [0.3, 0.4) is 0 Å². The quantitative estimate of drug-likeness (QED) is 0.548. The van der Waals surface area contributed by atoms with E-state index < -0.39 is 5.97 Å². The van der Waals surface area contributed by atoms with Gasteiger partial charge in [-0.1, -0.05) is 18.3 Å². The van der Waals surface area contributed by atoms with E-state index in [4.69, 9.17) is 14.2 Å². The molecule has 3 aromatic rings. The third-order valence-electron chi connectivity index (χ3n) is 4.54. The van der Waals surface area contributed by atoms with Crippen LogP contribution in [0, 0.1) is 0 Å². The second kappa shape index (κ2) is 8.71. The van der Waals surface area contributed by atoms with Gasteiger partial charge in [-0.05, 0) is 43.5 Å². The van der Waals surface area contributed by atoms with Crippen LogP contribution in [0.4, 0.5) is 0 Å². The molecule has 1 saturated heterocycles. The molecule has 8 nitrogen and oxygen atoms in total. The van der Waals surface area contributed by atoms with Gasteiger partial charge >= 0.3 is 5.97 Å². The van der Waals surface area contributed by atoms with Crippen LogP contribution >= 0.6 is 11.3 Å². The van der Waals surface area contributed by atoms with Crippen molar-refractivity contribution in [3.63, 3.8) is 0 Å². The molecule has 0 aliphatic carbocycles. The number of aryl methyl sites for hydroxylation is 1. The van der Waals surface area contributed by atoms with Crippen LogP contribution in [0.15, 0.2) is 35.1 Å². The van der Waals surface area contributed by atoms with Crippen molar-refractivity contribution in [2.24, 2.45) is 0 Å². The lowest BCUT2D eigenvalue weighted by Gasteiger charge is -2.11. The van der Waals surface area contributed by atoms with Crippen LogP contribution in [0.2, 0.25) is 0 Å². The minimum Gasteiger partial charge on any atom is -0.491 e. The Morgan fingerprint density at radius 1 is 1.34 bits per heavy atom. The summed E-state index contributed by atoms with van der Waals surface area (Å²) in [5, 5.41) is 5.02. The highest BCUT2D eigenvalue weighted by atomic mass is 32.1. The fourth-order valence-corrected chi connectivity index (χ4v) is 3.85. The molecule has 9 heteroatoms. The van der Waals surface area contributed by atoms with E-state index in [1.54, 1.807) is 24.3 Å². The fourth-order valence-electron chi connectivity index (χ4n) is 2.99. The summed E-state index contributed by atoms with van der Waals surface area (Å²) in [5.41, 5.74) is 0.509. The number of hydrogen-bond donors (Lipinski definition) is 0. The Morgan fingerprint density at radius 2 is 2.17 bits per heavy atom. The standard InChI is InChI=1S/C20H21N3O5S/c1-2-17-22-23-18(24)10-14(21-20(23)29-17)11-28-19(25)13-5-7-15(8-6-13)27-12-16-4-3-9-26-16/h5-8,10,16H,2-4,9,11-12H2,1H3/t16-/m1/s1. The smallest absolute Gasteiger partial charge is 0.338 e. The van der Waals surface area contributed by atoms with Crippen LogP contribution < -0.4 is 10.3 Å². The Labute approximate surface area is 171 Å². The van der Waals surface area contributed by atoms with E-state index in [2.05, 4.69) is 10.1 Å². The van der Waals surface area contributed by atoms with Gasteiger partial charge in [-0.3, -0.25) is 4.79 Å². The largest absolute Gasteiger partial charge is 0.491 e. The lowest BCUT2D eigenvalue weighted by atomic mass is 10.2.